The van der Waals surface area contributed by atoms with Gasteiger partial charge in [-0.1, -0.05) is 6.07 Å². The third-order valence-electron chi connectivity index (χ3n) is 4.02. The van der Waals surface area contributed by atoms with Gasteiger partial charge in [0.25, 0.3) is 0 Å². The average Bonchev–Trinajstić information content (AvgIpc) is 2.71. The van der Waals surface area contributed by atoms with Crippen molar-refractivity contribution in [2.75, 3.05) is 26.6 Å². The first-order valence-corrected chi connectivity index (χ1v) is 8.29. The third kappa shape index (κ3) is 4.00. The summed E-state index contributed by atoms with van der Waals surface area (Å²) in [5.74, 6) is 1.30. The normalized spacial score (nSPS) is 10.8. The Morgan fingerprint density at radius 3 is 2.41 bits per heavy atom. The van der Waals surface area contributed by atoms with Crippen LogP contribution in [0.2, 0.25) is 0 Å². The van der Waals surface area contributed by atoms with Crippen molar-refractivity contribution in [3.05, 3.63) is 60.3 Å². The molecule has 2 aromatic carbocycles. The van der Waals surface area contributed by atoms with Crippen molar-refractivity contribution in [3.8, 4) is 17.2 Å². The number of benzene rings is 2. The van der Waals surface area contributed by atoms with E-state index < -0.39 is 0 Å². The molecule has 0 saturated heterocycles. The monoisotopic (exact) mass is 364 g/mol. The lowest BCUT2D eigenvalue weighted by molar-refractivity contribution is -0.111. The zero-order valence-electron chi connectivity index (χ0n) is 15.4. The number of carbonyl (C=O) groups is 1. The maximum Gasteiger partial charge on any atom is 0.248 e. The van der Waals surface area contributed by atoms with E-state index in [-0.39, 0.29) is 5.91 Å². The van der Waals surface area contributed by atoms with Crippen LogP contribution >= 0.6 is 0 Å². The van der Waals surface area contributed by atoms with E-state index >= 15 is 0 Å². The van der Waals surface area contributed by atoms with Crippen LogP contribution in [-0.2, 0) is 4.79 Å². The molecule has 27 heavy (non-hydrogen) atoms. The summed E-state index contributed by atoms with van der Waals surface area (Å²) in [4.78, 5) is 16.6. The van der Waals surface area contributed by atoms with Gasteiger partial charge in [-0.05, 0) is 48.0 Å². The molecule has 6 nitrogen and oxygen atoms in total. The lowest BCUT2D eigenvalue weighted by Crippen LogP contribution is -2.08. The molecule has 1 aromatic heterocycles. The Labute approximate surface area is 157 Å². The number of amides is 1. The van der Waals surface area contributed by atoms with Crippen molar-refractivity contribution < 1.29 is 19.0 Å². The lowest BCUT2D eigenvalue weighted by Gasteiger charge is -2.12. The van der Waals surface area contributed by atoms with Crippen LogP contribution in [0.5, 0.6) is 17.2 Å². The molecule has 0 aliphatic heterocycles. The van der Waals surface area contributed by atoms with E-state index in [1.807, 2.05) is 30.3 Å². The topological polar surface area (TPSA) is 69.7 Å². The third-order valence-corrected chi connectivity index (χ3v) is 4.02. The summed E-state index contributed by atoms with van der Waals surface area (Å²) in [6.07, 6.45) is 4.86. The first kappa shape index (κ1) is 18.3. The molecule has 1 heterocycles. The number of rotatable bonds is 6. The highest BCUT2D eigenvalue weighted by Gasteiger charge is 2.12. The van der Waals surface area contributed by atoms with E-state index in [9.17, 15) is 4.79 Å². The number of methoxy groups -OCH3 is 3. The van der Waals surface area contributed by atoms with E-state index in [0.29, 0.717) is 22.9 Å². The summed E-state index contributed by atoms with van der Waals surface area (Å²) in [6.45, 7) is 0. The Balaban J connectivity index is 1.82. The van der Waals surface area contributed by atoms with Gasteiger partial charge in [0, 0.05) is 17.7 Å². The number of nitrogens with zero attached hydrogens (tertiary/aromatic N) is 1. The van der Waals surface area contributed by atoms with Crippen LogP contribution in [0.25, 0.3) is 17.0 Å². The van der Waals surface area contributed by atoms with Gasteiger partial charge in [0.05, 0.1) is 32.5 Å². The summed E-state index contributed by atoms with van der Waals surface area (Å²) in [5, 5.41) is 3.77. The second-order valence-corrected chi connectivity index (χ2v) is 5.66. The second-order valence-electron chi connectivity index (χ2n) is 5.66. The largest absolute Gasteiger partial charge is 0.493 e. The Morgan fingerprint density at radius 1 is 1.00 bits per heavy atom. The van der Waals surface area contributed by atoms with E-state index in [4.69, 9.17) is 14.2 Å². The summed E-state index contributed by atoms with van der Waals surface area (Å²) in [6, 6.07) is 12.9. The molecule has 0 atom stereocenters. The van der Waals surface area contributed by atoms with E-state index in [1.54, 1.807) is 45.7 Å². The van der Waals surface area contributed by atoms with Crippen molar-refractivity contribution in [2.24, 2.45) is 0 Å². The van der Waals surface area contributed by atoms with Crippen molar-refractivity contribution in [1.82, 2.24) is 4.98 Å². The van der Waals surface area contributed by atoms with E-state index in [0.717, 1.165) is 16.5 Å². The maximum atomic E-state index is 12.4. The standard InChI is InChI=1S/C21H20N2O4/c1-25-18-12-14(13-19(26-2)21(18)27-3)9-10-20(24)23-17-8-4-7-16-15(17)6-5-11-22-16/h4-13H,1-3H3,(H,23,24)/b10-9+. The summed E-state index contributed by atoms with van der Waals surface area (Å²) < 4.78 is 15.9. The van der Waals surface area contributed by atoms with Crippen LogP contribution in [-0.4, -0.2) is 32.2 Å². The summed E-state index contributed by atoms with van der Waals surface area (Å²) in [5.41, 5.74) is 2.28. The van der Waals surface area contributed by atoms with Gasteiger partial charge in [-0.3, -0.25) is 9.78 Å². The molecule has 0 unspecified atom stereocenters. The van der Waals surface area contributed by atoms with Gasteiger partial charge in [0.1, 0.15) is 0 Å². The van der Waals surface area contributed by atoms with Gasteiger partial charge in [-0.2, -0.15) is 0 Å². The molecule has 1 amide bonds. The molecular weight excluding hydrogens is 344 g/mol. The van der Waals surface area contributed by atoms with Gasteiger partial charge in [-0.25, -0.2) is 0 Å². The first-order chi connectivity index (χ1) is 13.2. The van der Waals surface area contributed by atoms with Crippen LogP contribution in [0.3, 0.4) is 0 Å². The van der Waals surface area contributed by atoms with Crippen LogP contribution in [0.1, 0.15) is 5.56 Å². The number of pyridine rings is 1. The molecule has 0 aliphatic carbocycles. The van der Waals surface area contributed by atoms with Crippen molar-refractivity contribution in [2.45, 2.75) is 0 Å². The second kappa shape index (κ2) is 8.23. The Kier molecular flexibility index (Phi) is 5.56. The minimum atomic E-state index is -0.250. The fourth-order valence-corrected chi connectivity index (χ4v) is 2.76. The van der Waals surface area contributed by atoms with Gasteiger partial charge in [0.2, 0.25) is 11.7 Å². The van der Waals surface area contributed by atoms with Crippen molar-refractivity contribution >= 4 is 28.6 Å². The average molecular weight is 364 g/mol. The Bertz CT molecular complexity index is 968. The number of fused-ring (bicyclic) bond motifs is 1. The Hall–Kier alpha value is -3.54. The quantitative estimate of drug-likeness (QED) is 0.672. The molecule has 0 saturated carbocycles. The maximum absolute atomic E-state index is 12.4. The van der Waals surface area contributed by atoms with E-state index in [1.165, 1.54) is 6.08 Å². The number of anilines is 1. The minimum Gasteiger partial charge on any atom is -0.493 e. The molecule has 0 radical (unpaired) electrons. The number of hydrogen-bond donors (Lipinski definition) is 1. The van der Waals surface area contributed by atoms with E-state index in [2.05, 4.69) is 10.3 Å². The molecule has 3 aromatic rings. The summed E-state index contributed by atoms with van der Waals surface area (Å²) >= 11 is 0. The predicted octanol–water partition coefficient (Wildman–Crippen LogP) is 3.91. The lowest BCUT2D eigenvalue weighted by atomic mass is 10.1. The highest BCUT2D eigenvalue weighted by molar-refractivity contribution is 6.07. The molecule has 3 rings (SSSR count). The molecule has 0 bridgehead atoms. The number of aromatic nitrogens is 1. The van der Waals surface area contributed by atoms with Gasteiger partial charge in [-0.15, -0.1) is 0 Å². The fourth-order valence-electron chi connectivity index (χ4n) is 2.76. The van der Waals surface area contributed by atoms with Crippen LogP contribution in [0.15, 0.2) is 54.7 Å². The zero-order valence-corrected chi connectivity index (χ0v) is 15.4. The van der Waals surface area contributed by atoms with Crippen molar-refractivity contribution in [1.29, 1.82) is 0 Å². The minimum absolute atomic E-state index is 0.250. The van der Waals surface area contributed by atoms with Crippen LogP contribution in [0, 0.1) is 0 Å². The van der Waals surface area contributed by atoms with Gasteiger partial charge in [0.15, 0.2) is 11.5 Å². The zero-order chi connectivity index (χ0) is 19.2. The van der Waals surface area contributed by atoms with Gasteiger partial charge >= 0.3 is 0 Å². The van der Waals surface area contributed by atoms with Gasteiger partial charge < -0.3 is 19.5 Å². The molecule has 138 valence electrons. The molecule has 1 N–H and O–H groups in total. The number of hydrogen-bond acceptors (Lipinski definition) is 5. The molecule has 0 aliphatic rings. The molecule has 0 spiro atoms. The molecule has 0 fully saturated rings. The first-order valence-electron chi connectivity index (χ1n) is 8.29. The summed E-state index contributed by atoms with van der Waals surface area (Å²) in [7, 11) is 4.64. The Morgan fingerprint density at radius 2 is 1.74 bits per heavy atom. The van der Waals surface area contributed by atoms with Crippen molar-refractivity contribution in [3.63, 3.8) is 0 Å². The molecular formula is C21H20N2O4. The highest BCUT2D eigenvalue weighted by Crippen LogP contribution is 2.38. The number of carbonyl (C=O) groups excluding carboxylic acids is 1. The number of ether oxygens (including phenoxy) is 3. The highest BCUT2D eigenvalue weighted by atomic mass is 16.5. The van der Waals surface area contributed by atoms with Crippen LogP contribution < -0.4 is 19.5 Å². The van der Waals surface area contributed by atoms with Crippen LogP contribution in [0.4, 0.5) is 5.69 Å². The smallest absolute Gasteiger partial charge is 0.248 e. The SMILES string of the molecule is COc1cc(/C=C/C(=O)Nc2cccc3ncccc23)cc(OC)c1OC. The predicted molar refractivity (Wildman–Crippen MR) is 106 cm³/mol. The number of nitrogens with one attached hydrogen (secondary N) is 1. The fraction of sp³-hybridized carbons (Fsp3) is 0.143. The molecule has 6 heteroatoms.